The molecule has 0 saturated carbocycles. The standard InChI is InChI=1S/C17H18OS/c18-17(19)16(13-15-9-5-2-6-10-15)12-11-14-7-3-1-4-8-14/h1-10,16H,11-13H2,(H,18,19). The van der Waals surface area contributed by atoms with Crippen LogP contribution >= 0.6 is 12.6 Å². The average molecular weight is 270 g/mol. The number of hydrogen-bond donors (Lipinski definition) is 1. The van der Waals surface area contributed by atoms with Crippen molar-refractivity contribution in [3.05, 3.63) is 71.8 Å². The van der Waals surface area contributed by atoms with E-state index < -0.39 is 0 Å². The van der Waals surface area contributed by atoms with Gasteiger partial charge in [-0.1, -0.05) is 60.7 Å². The normalized spacial score (nSPS) is 12.1. The predicted molar refractivity (Wildman–Crippen MR) is 82.4 cm³/mol. The van der Waals surface area contributed by atoms with E-state index in [2.05, 4.69) is 36.9 Å². The predicted octanol–water partition coefficient (Wildman–Crippen LogP) is 3.93. The minimum Gasteiger partial charge on any atom is -0.287 e. The van der Waals surface area contributed by atoms with Crippen LogP contribution in [0.4, 0.5) is 0 Å². The third kappa shape index (κ3) is 4.56. The summed E-state index contributed by atoms with van der Waals surface area (Å²) in [6.07, 6.45) is 2.54. The summed E-state index contributed by atoms with van der Waals surface area (Å²) in [5.74, 6) is -0.00839. The third-order valence-electron chi connectivity index (χ3n) is 3.30. The molecule has 1 atom stereocenters. The molecule has 0 radical (unpaired) electrons. The Morgan fingerprint density at radius 3 is 1.95 bits per heavy atom. The van der Waals surface area contributed by atoms with Crippen molar-refractivity contribution in [2.45, 2.75) is 19.3 Å². The summed E-state index contributed by atoms with van der Waals surface area (Å²) in [5.41, 5.74) is 2.47. The molecule has 0 aromatic heterocycles. The molecule has 1 unspecified atom stereocenters. The fourth-order valence-electron chi connectivity index (χ4n) is 2.20. The molecule has 0 aliphatic rings. The molecule has 0 bridgehead atoms. The topological polar surface area (TPSA) is 17.1 Å². The van der Waals surface area contributed by atoms with Gasteiger partial charge in [0, 0.05) is 5.92 Å². The van der Waals surface area contributed by atoms with E-state index in [0.717, 1.165) is 19.3 Å². The summed E-state index contributed by atoms with van der Waals surface area (Å²) in [4.78, 5) is 11.6. The van der Waals surface area contributed by atoms with Crippen molar-refractivity contribution in [3.8, 4) is 0 Å². The maximum atomic E-state index is 11.6. The molecule has 2 heteroatoms. The maximum absolute atomic E-state index is 11.6. The van der Waals surface area contributed by atoms with E-state index in [-0.39, 0.29) is 11.0 Å². The summed E-state index contributed by atoms with van der Waals surface area (Å²) < 4.78 is 0. The third-order valence-corrected chi connectivity index (χ3v) is 3.66. The van der Waals surface area contributed by atoms with Gasteiger partial charge in [-0.2, -0.15) is 0 Å². The quantitative estimate of drug-likeness (QED) is 0.787. The molecule has 0 heterocycles. The summed E-state index contributed by atoms with van der Waals surface area (Å²) in [7, 11) is 0. The maximum Gasteiger partial charge on any atom is 0.189 e. The Morgan fingerprint density at radius 1 is 0.895 bits per heavy atom. The minimum absolute atomic E-state index is 0.00839. The van der Waals surface area contributed by atoms with Gasteiger partial charge in [0.15, 0.2) is 5.12 Å². The first-order chi connectivity index (χ1) is 9.25. The van der Waals surface area contributed by atoms with Gasteiger partial charge in [-0.15, -0.1) is 12.6 Å². The number of hydrogen-bond acceptors (Lipinski definition) is 1. The molecule has 0 aliphatic carbocycles. The van der Waals surface area contributed by atoms with E-state index in [4.69, 9.17) is 0 Å². The van der Waals surface area contributed by atoms with Crippen LogP contribution in [0.25, 0.3) is 0 Å². The first-order valence-electron chi connectivity index (χ1n) is 6.56. The van der Waals surface area contributed by atoms with E-state index in [1.165, 1.54) is 11.1 Å². The summed E-state index contributed by atoms with van der Waals surface area (Å²) >= 11 is 4.03. The Hall–Kier alpha value is -1.54. The molecule has 19 heavy (non-hydrogen) atoms. The molecule has 0 N–H and O–H groups in total. The number of rotatable bonds is 6. The second-order valence-electron chi connectivity index (χ2n) is 4.75. The van der Waals surface area contributed by atoms with Gasteiger partial charge in [-0.3, -0.25) is 4.79 Å². The number of carbonyl (C=O) groups is 1. The smallest absolute Gasteiger partial charge is 0.189 e. The first kappa shape index (κ1) is 13.9. The number of carbonyl (C=O) groups excluding carboxylic acids is 1. The first-order valence-corrected chi connectivity index (χ1v) is 7.01. The van der Waals surface area contributed by atoms with Crippen molar-refractivity contribution in [2.75, 3.05) is 0 Å². The molecule has 98 valence electrons. The summed E-state index contributed by atoms with van der Waals surface area (Å²) in [5, 5.41) is -0.0141. The zero-order valence-electron chi connectivity index (χ0n) is 10.8. The minimum atomic E-state index is -0.0141. The lowest BCUT2D eigenvalue weighted by atomic mass is 9.94. The fourth-order valence-corrected chi connectivity index (χ4v) is 2.42. The van der Waals surface area contributed by atoms with E-state index in [1.807, 2.05) is 36.4 Å². The van der Waals surface area contributed by atoms with Crippen molar-refractivity contribution in [1.29, 1.82) is 0 Å². The van der Waals surface area contributed by atoms with Crippen molar-refractivity contribution < 1.29 is 4.79 Å². The molecule has 0 amide bonds. The molecule has 0 saturated heterocycles. The molecule has 0 fully saturated rings. The molecule has 0 spiro atoms. The highest BCUT2D eigenvalue weighted by molar-refractivity contribution is 7.96. The Labute approximate surface area is 120 Å². The van der Waals surface area contributed by atoms with Crippen molar-refractivity contribution >= 4 is 17.7 Å². The van der Waals surface area contributed by atoms with Crippen LogP contribution < -0.4 is 0 Å². The number of thiol groups is 1. The zero-order chi connectivity index (χ0) is 13.5. The highest BCUT2D eigenvalue weighted by Gasteiger charge is 2.15. The monoisotopic (exact) mass is 270 g/mol. The van der Waals surface area contributed by atoms with E-state index in [0.29, 0.717) is 0 Å². The Kier molecular flexibility index (Phi) is 5.22. The summed E-state index contributed by atoms with van der Waals surface area (Å²) in [6.45, 7) is 0. The lowest BCUT2D eigenvalue weighted by Gasteiger charge is -2.13. The average Bonchev–Trinajstić information content (AvgIpc) is 2.45. The van der Waals surface area contributed by atoms with Gasteiger partial charge in [-0.25, -0.2) is 0 Å². The molecule has 2 aromatic carbocycles. The highest BCUT2D eigenvalue weighted by Crippen LogP contribution is 2.18. The molecular weight excluding hydrogens is 252 g/mol. The largest absolute Gasteiger partial charge is 0.287 e. The second-order valence-corrected chi connectivity index (χ2v) is 5.19. The van der Waals surface area contributed by atoms with Gasteiger partial charge in [0.05, 0.1) is 0 Å². The molecule has 0 aliphatic heterocycles. The highest BCUT2D eigenvalue weighted by atomic mass is 32.1. The number of aryl methyl sites for hydroxylation is 1. The van der Waals surface area contributed by atoms with E-state index in [1.54, 1.807) is 0 Å². The van der Waals surface area contributed by atoms with Crippen LogP contribution in [0.5, 0.6) is 0 Å². The van der Waals surface area contributed by atoms with Crippen LogP contribution in [-0.4, -0.2) is 5.12 Å². The number of benzene rings is 2. The van der Waals surface area contributed by atoms with Gasteiger partial charge in [0.1, 0.15) is 0 Å². The lowest BCUT2D eigenvalue weighted by molar-refractivity contribution is -0.114. The van der Waals surface area contributed by atoms with Gasteiger partial charge in [0.2, 0.25) is 0 Å². The van der Waals surface area contributed by atoms with Crippen LogP contribution in [-0.2, 0) is 17.6 Å². The summed E-state index contributed by atoms with van der Waals surface area (Å²) in [6, 6.07) is 20.4. The molecule has 2 rings (SSSR count). The van der Waals surface area contributed by atoms with Crippen LogP contribution in [0.1, 0.15) is 17.5 Å². The Balaban J connectivity index is 1.95. The van der Waals surface area contributed by atoms with E-state index >= 15 is 0 Å². The van der Waals surface area contributed by atoms with Crippen LogP contribution in [0.15, 0.2) is 60.7 Å². The van der Waals surface area contributed by atoms with Gasteiger partial charge >= 0.3 is 0 Å². The fraction of sp³-hybridized carbons (Fsp3) is 0.235. The van der Waals surface area contributed by atoms with E-state index in [9.17, 15) is 4.79 Å². The zero-order valence-corrected chi connectivity index (χ0v) is 11.7. The van der Waals surface area contributed by atoms with Crippen LogP contribution in [0, 0.1) is 5.92 Å². The van der Waals surface area contributed by atoms with Crippen molar-refractivity contribution in [2.24, 2.45) is 5.92 Å². The van der Waals surface area contributed by atoms with Gasteiger partial charge in [-0.05, 0) is 30.4 Å². The Bertz CT molecular complexity index is 507. The van der Waals surface area contributed by atoms with Crippen LogP contribution in [0.2, 0.25) is 0 Å². The van der Waals surface area contributed by atoms with Crippen molar-refractivity contribution in [3.63, 3.8) is 0 Å². The second kappa shape index (κ2) is 7.15. The van der Waals surface area contributed by atoms with Gasteiger partial charge in [0.25, 0.3) is 0 Å². The molecule has 1 nitrogen and oxygen atoms in total. The molecule has 2 aromatic rings. The van der Waals surface area contributed by atoms with Crippen LogP contribution in [0.3, 0.4) is 0 Å². The molecular formula is C17H18OS. The Morgan fingerprint density at radius 2 is 1.42 bits per heavy atom. The lowest BCUT2D eigenvalue weighted by Crippen LogP contribution is -2.13. The SMILES string of the molecule is O=C(S)C(CCc1ccccc1)Cc1ccccc1. The van der Waals surface area contributed by atoms with Crippen molar-refractivity contribution in [1.82, 2.24) is 0 Å². The van der Waals surface area contributed by atoms with Gasteiger partial charge < -0.3 is 0 Å².